The van der Waals surface area contributed by atoms with Crippen LogP contribution >= 0.6 is 0 Å². The molecule has 0 saturated heterocycles. The van der Waals surface area contributed by atoms with Crippen molar-refractivity contribution in [1.82, 2.24) is 9.97 Å². The third kappa shape index (κ3) is 8.19. The summed E-state index contributed by atoms with van der Waals surface area (Å²) in [5.74, 6) is 2.67. The lowest BCUT2D eigenvalue weighted by Crippen LogP contribution is -2.06. The standard InChI is InChI=1S/C17H20FNO3S.C16H18FNO.CH4/c1-11-19-16(12-6-4-3-5-7-12)17(21-11)13-8-9-15(14(18)10-13)22-23(2)20;1-11-18-15(12-6-3-2-4-7-12)16(19-11)13-8-5-9-14(17)10-13;/h8-10,12H,3-7H2,1-2H3;5,8-10,12H,2-4,6-7H2,1H3;1H4. The van der Waals surface area contributed by atoms with Gasteiger partial charge in [0.05, 0.1) is 11.4 Å². The number of benzene rings is 2. The van der Waals surface area contributed by atoms with Crippen LogP contribution in [0.3, 0.4) is 0 Å². The predicted octanol–water partition coefficient (Wildman–Crippen LogP) is 9.98. The van der Waals surface area contributed by atoms with Crippen molar-refractivity contribution in [3.8, 4) is 28.4 Å². The Morgan fingerprint density at radius 2 is 1.28 bits per heavy atom. The zero-order valence-electron chi connectivity index (χ0n) is 24.5. The third-order valence-electron chi connectivity index (χ3n) is 7.99. The topological polar surface area (TPSA) is 78.4 Å². The van der Waals surface area contributed by atoms with Crippen molar-refractivity contribution < 1.29 is 26.0 Å². The molecular formula is C34H42F2N2O4S. The molecule has 0 bridgehead atoms. The van der Waals surface area contributed by atoms with Crippen LogP contribution in [0.1, 0.15) is 107 Å². The summed E-state index contributed by atoms with van der Waals surface area (Å²) in [7, 11) is 0. The smallest absolute Gasteiger partial charge is 0.203 e. The summed E-state index contributed by atoms with van der Waals surface area (Å²) in [6.45, 7) is 3.67. The molecule has 2 heterocycles. The summed E-state index contributed by atoms with van der Waals surface area (Å²) in [5.41, 5.74) is 3.37. The lowest BCUT2D eigenvalue weighted by atomic mass is 9.85. The van der Waals surface area contributed by atoms with Crippen molar-refractivity contribution in [2.24, 2.45) is 0 Å². The highest BCUT2D eigenvalue weighted by Crippen LogP contribution is 2.40. The van der Waals surface area contributed by atoms with Gasteiger partial charge in [-0.25, -0.2) is 23.0 Å². The van der Waals surface area contributed by atoms with Crippen molar-refractivity contribution in [2.75, 3.05) is 6.26 Å². The number of hydrogen-bond donors (Lipinski definition) is 0. The predicted molar refractivity (Wildman–Crippen MR) is 166 cm³/mol. The summed E-state index contributed by atoms with van der Waals surface area (Å²) >= 11 is -1.56. The van der Waals surface area contributed by atoms with Crippen LogP contribution in [0.4, 0.5) is 8.78 Å². The Bertz CT molecular complexity index is 1520. The van der Waals surface area contributed by atoms with Crippen LogP contribution in [0.5, 0.6) is 5.75 Å². The fraction of sp³-hybridized carbons (Fsp3) is 0.471. The molecule has 6 nitrogen and oxygen atoms in total. The van der Waals surface area contributed by atoms with Gasteiger partial charge in [-0.3, -0.25) is 0 Å². The minimum absolute atomic E-state index is 0. The highest BCUT2D eigenvalue weighted by Gasteiger charge is 2.26. The Balaban J connectivity index is 0.000000195. The zero-order chi connectivity index (χ0) is 29.6. The summed E-state index contributed by atoms with van der Waals surface area (Å²) in [6, 6.07) is 11.1. The molecule has 4 aromatic rings. The Morgan fingerprint density at radius 1 is 0.767 bits per heavy atom. The quantitative estimate of drug-likeness (QED) is 0.216. The molecule has 2 saturated carbocycles. The Kier molecular flexibility index (Phi) is 11.3. The lowest BCUT2D eigenvalue weighted by Gasteiger charge is -2.20. The highest BCUT2D eigenvalue weighted by atomic mass is 32.2. The first-order chi connectivity index (χ1) is 20.3. The molecule has 43 heavy (non-hydrogen) atoms. The number of rotatable bonds is 6. The molecule has 0 N–H and O–H groups in total. The van der Waals surface area contributed by atoms with Gasteiger partial charge >= 0.3 is 0 Å². The van der Waals surface area contributed by atoms with Gasteiger partial charge in [0.25, 0.3) is 0 Å². The van der Waals surface area contributed by atoms with Crippen molar-refractivity contribution >= 4 is 11.1 Å². The normalized spacial score (nSPS) is 16.6. The Morgan fingerprint density at radius 3 is 1.74 bits per heavy atom. The first-order valence-electron chi connectivity index (χ1n) is 14.8. The van der Waals surface area contributed by atoms with E-state index in [1.165, 1.54) is 69.0 Å². The lowest BCUT2D eigenvalue weighted by molar-refractivity contribution is 0.436. The molecule has 0 spiro atoms. The van der Waals surface area contributed by atoms with E-state index >= 15 is 0 Å². The van der Waals surface area contributed by atoms with E-state index in [1.54, 1.807) is 12.1 Å². The number of aryl methyl sites for hydroxylation is 2. The fourth-order valence-corrected chi connectivity index (χ4v) is 6.46. The van der Waals surface area contributed by atoms with Crippen LogP contribution in [0, 0.1) is 25.5 Å². The van der Waals surface area contributed by atoms with E-state index < -0.39 is 16.9 Å². The van der Waals surface area contributed by atoms with Gasteiger partial charge in [0.2, 0.25) is 11.1 Å². The van der Waals surface area contributed by atoms with Gasteiger partial charge in [-0.05, 0) is 56.0 Å². The maximum absolute atomic E-state index is 14.2. The Labute approximate surface area is 255 Å². The van der Waals surface area contributed by atoms with Crippen LogP contribution in [-0.2, 0) is 11.1 Å². The maximum atomic E-state index is 14.2. The molecule has 1 unspecified atom stereocenters. The van der Waals surface area contributed by atoms with Crippen molar-refractivity contribution in [2.45, 2.75) is 97.3 Å². The second kappa shape index (κ2) is 14.9. The molecule has 0 amide bonds. The zero-order valence-corrected chi connectivity index (χ0v) is 25.3. The van der Waals surface area contributed by atoms with E-state index in [-0.39, 0.29) is 19.0 Å². The van der Waals surface area contributed by atoms with Crippen LogP contribution < -0.4 is 4.18 Å². The minimum Gasteiger partial charge on any atom is -0.441 e. The minimum atomic E-state index is -1.56. The first-order valence-corrected chi connectivity index (χ1v) is 16.3. The fourth-order valence-electron chi connectivity index (χ4n) is 6.07. The molecular weight excluding hydrogens is 570 g/mol. The first kappa shape index (κ1) is 32.6. The second-order valence-corrected chi connectivity index (χ2v) is 12.2. The maximum Gasteiger partial charge on any atom is 0.203 e. The number of oxazole rings is 2. The number of aromatic nitrogens is 2. The van der Waals surface area contributed by atoms with Crippen LogP contribution in [-0.4, -0.2) is 20.4 Å². The highest BCUT2D eigenvalue weighted by molar-refractivity contribution is 7.79. The number of halogens is 2. The van der Waals surface area contributed by atoms with Crippen molar-refractivity contribution in [3.05, 3.63) is 77.3 Å². The number of hydrogen-bond acceptors (Lipinski definition) is 6. The molecule has 9 heteroatoms. The molecule has 0 aliphatic heterocycles. The molecule has 6 rings (SSSR count). The van der Waals surface area contributed by atoms with Crippen molar-refractivity contribution in [3.63, 3.8) is 0 Å². The van der Waals surface area contributed by atoms with Crippen LogP contribution in [0.2, 0.25) is 0 Å². The molecule has 2 aliphatic carbocycles. The third-order valence-corrected chi connectivity index (χ3v) is 8.41. The van der Waals surface area contributed by atoms with E-state index in [0.717, 1.165) is 48.4 Å². The van der Waals surface area contributed by atoms with E-state index in [9.17, 15) is 13.0 Å². The van der Waals surface area contributed by atoms with E-state index in [2.05, 4.69) is 9.97 Å². The van der Waals surface area contributed by atoms with Gasteiger partial charge in [0.15, 0.2) is 34.9 Å². The van der Waals surface area contributed by atoms with Crippen LogP contribution in [0.25, 0.3) is 22.6 Å². The summed E-state index contributed by atoms with van der Waals surface area (Å²) < 4.78 is 55.0. The van der Waals surface area contributed by atoms with E-state index in [4.69, 9.17) is 13.0 Å². The van der Waals surface area contributed by atoms with Crippen LogP contribution in [0.15, 0.2) is 51.3 Å². The molecule has 1 atom stereocenters. The van der Waals surface area contributed by atoms with E-state index in [1.807, 2.05) is 19.9 Å². The molecule has 2 aromatic carbocycles. The molecule has 2 aromatic heterocycles. The average molecular weight is 613 g/mol. The van der Waals surface area contributed by atoms with Gasteiger partial charge in [0.1, 0.15) is 5.82 Å². The van der Waals surface area contributed by atoms with Gasteiger partial charge in [0, 0.05) is 43.1 Å². The van der Waals surface area contributed by atoms with Gasteiger partial charge < -0.3 is 13.0 Å². The molecule has 0 radical (unpaired) electrons. The average Bonchev–Trinajstić information content (AvgIpc) is 3.58. The van der Waals surface area contributed by atoms with Gasteiger partial charge in [-0.2, -0.15) is 0 Å². The molecule has 232 valence electrons. The molecule has 2 aliphatic rings. The number of nitrogens with zero attached hydrogens (tertiary/aromatic N) is 2. The molecule has 2 fully saturated rings. The monoisotopic (exact) mass is 612 g/mol. The largest absolute Gasteiger partial charge is 0.441 e. The second-order valence-electron chi connectivity index (χ2n) is 11.2. The van der Waals surface area contributed by atoms with Gasteiger partial charge in [-0.15, -0.1) is 0 Å². The van der Waals surface area contributed by atoms with Crippen molar-refractivity contribution in [1.29, 1.82) is 0 Å². The summed E-state index contributed by atoms with van der Waals surface area (Å²) in [5, 5.41) is 0. The van der Waals surface area contributed by atoms with Gasteiger partial charge in [-0.1, -0.05) is 58.1 Å². The van der Waals surface area contributed by atoms with E-state index in [0.29, 0.717) is 34.9 Å². The summed E-state index contributed by atoms with van der Waals surface area (Å²) in [4.78, 5) is 9.09. The Hall–Kier alpha value is -3.33. The SMILES string of the molecule is C.Cc1nc(C2CCCCC2)c(-c2ccc(OS(C)=O)c(F)c2)o1.Cc1nc(C2CCCCC2)c(-c2cccc(F)c2)o1. The summed E-state index contributed by atoms with van der Waals surface area (Å²) in [6.07, 6.45) is 13.3.